The molecule has 7 heteroatoms. The molecule has 1 atom stereocenters. The van der Waals surface area contributed by atoms with Crippen molar-refractivity contribution in [1.82, 2.24) is 4.90 Å². The van der Waals surface area contributed by atoms with Crippen molar-refractivity contribution in [3.05, 3.63) is 0 Å². The van der Waals surface area contributed by atoms with Crippen molar-refractivity contribution in [2.24, 2.45) is 0 Å². The minimum atomic E-state index is -1.28. The number of hydrogen-bond acceptors (Lipinski definition) is 6. The molecule has 1 aliphatic rings. The van der Waals surface area contributed by atoms with E-state index in [9.17, 15) is 19.2 Å². The first-order chi connectivity index (χ1) is 9.80. The molecule has 0 radical (unpaired) electrons. The summed E-state index contributed by atoms with van der Waals surface area (Å²) in [5.74, 6) is -1.94. The molecule has 7 nitrogen and oxygen atoms in total. The molecule has 0 aromatic rings. The van der Waals surface area contributed by atoms with Crippen molar-refractivity contribution in [1.29, 1.82) is 0 Å². The van der Waals surface area contributed by atoms with Crippen LogP contribution < -0.4 is 0 Å². The zero-order chi connectivity index (χ0) is 17.3. The van der Waals surface area contributed by atoms with Gasteiger partial charge < -0.3 is 9.47 Å². The standard InChI is InChI=1S/C15H23NO6/c1-14(2,3)21-12(19)10-7-9(17)8-11(18)16(10)13(20)22-15(4,5)6/h10H,7-8H2,1-6H3. The second kappa shape index (κ2) is 6.06. The van der Waals surface area contributed by atoms with Crippen molar-refractivity contribution >= 4 is 23.8 Å². The van der Waals surface area contributed by atoms with Crippen molar-refractivity contribution in [3.8, 4) is 0 Å². The summed E-state index contributed by atoms with van der Waals surface area (Å²) in [6.07, 6.45) is -1.61. The molecular formula is C15H23NO6. The number of ketones is 1. The van der Waals surface area contributed by atoms with Gasteiger partial charge in [-0.05, 0) is 41.5 Å². The maximum Gasteiger partial charge on any atom is 0.417 e. The molecule has 2 amide bonds. The summed E-state index contributed by atoms with van der Waals surface area (Å²) in [6.45, 7) is 9.92. The number of piperidine rings is 1. The topological polar surface area (TPSA) is 90.0 Å². The number of imide groups is 1. The van der Waals surface area contributed by atoms with Gasteiger partial charge in [-0.2, -0.15) is 0 Å². The maximum absolute atomic E-state index is 12.2. The average molecular weight is 313 g/mol. The molecule has 1 rings (SSSR count). The maximum atomic E-state index is 12.2. The minimum Gasteiger partial charge on any atom is -0.458 e. The van der Waals surface area contributed by atoms with E-state index in [1.165, 1.54) is 0 Å². The Morgan fingerprint density at radius 1 is 1.00 bits per heavy atom. The molecule has 1 aliphatic heterocycles. The van der Waals surface area contributed by atoms with Crippen LogP contribution in [0.1, 0.15) is 54.4 Å². The zero-order valence-corrected chi connectivity index (χ0v) is 13.9. The van der Waals surface area contributed by atoms with Crippen LogP contribution in [0.25, 0.3) is 0 Å². The van der Waals surface area contributed by atoms with E-state index in [4.69, 9.17) is 9.47 Å². The fourth-order valence-corrected chi connectivity index (χ4v) is 1.91. The lowest BCUT2D eigenvalue weighted by Crippen LogP contribution is -2.55. The Labute approximate surface area is 129 Å². The summed E-state index contributed by atoms with van der Waals surface area (Å²) in [5, 5.41) is 0. The quantitative estimate of drug-likeness (QED) is 0.542. The van der Waals surface area contributed by atoms with Gasteiger partial charge in [0.2, 0.25) is 5.91 Å². The number of ether oxygens (including phenoxy) is 2. The van der Waals surface area contributed by atoms with Gasteiger partial charge in [0.15, 0.2) is 0 Å². The van der Waals surface area contributed by atoms with Gasteiger partial charge in [0.1, 0.15) is 23.0 Å². The van der Waals surface area contributed by atoms with E-state index in [1.54, 1.807) is 41.5 Å². The third kappa shape index (κ3) is 5.13. The van der Waals surface area contributed by atoms with Crippen molar-refractivity contribution < 1.29 is 28.7 Å². The lowest BCUT2D eigenvalue weighted by Gasteiger charge is -2.34. The number of Topliss-reactive ketones (excluding diaryl/α,β-unsaturated/α-hetero) is 1. The fraction of sp³-hybridized carbons (Fsp3) is 0.733. The van der Waals surface area contributed by atoms with Crippen molar-refractivity contribution in [2.45, 2.75) is 71.6 Å². The molecular weight excluding hydrogens is 290 g/mol. The van der Waals surface area contributed by atoms with Gasteiger partial charge >= 0.3 is 12.1 Å². The number of rotatable bonds is 1. The van der Waals surface area contributed by atoms with E-state index < -0.39 is 47.4 Å². The number of carbonyl (C=O) groups is 4. The number of nitrogens with zero attached hydrogens (tertiary/aromatic N) is 1. The molecule has 0 bridgehead atoms. The van der Waals surface area contributed by atoms with Crippen LogP contribution in [0.4, 0.5) is 4.79 Å². The lowest BCUT2D eigenvalue weighted by molar-refractivity contribution is -0.167. The van der Waals surface area contributed by atoms with Crippen LogP contribution in [0.15, 0.2) is 0 Å². The summed E-state index contributed by atoms with van der Waals surface area (Å²) >= 11 is 0. The number of hydrogen-bond donors (Lipinski definition) is 0. The van der Waals surface area contributed by atoms with Crippen molar-refractivity contribution in [3.63, 3.8) is 0 Å². The Hall–Kier alpha value is -1.92. The molecule has 0 aliphatic carbocycles. The van der Waals surface area contributed by atoms with Crippen LogP contribution in [0.5, 0.6) is 0 Å². The predicted molar refractivity (Wildman–Crippen MR) is 77.0 cm³/mol. The molecule has 0 spiro atoms. The third-order valence-electron chi connectivity index (χ3n) is 2.62. The summed E-state index contributed by atoms with van der Waals surface area (Å²) in [4.78, 5) is 48.7. The van der Waals surface area contributed by atoms with E-state index in [-0.39, 0.29) is 6.42 Å². The van der Waals surface area contributed by atoms with Gasteiger partial charge in [-0.15, -0.1) is 0 Å². The highest BCUT2D eigenvalue weighted by Crippen LogP contribution is 2.22. The molecule has 22 heavy (non-hydrogen) atoms. The number of likely N-dealkylation sites (tertiary alicyclic amines) is 1. The SMILES string of the molecule is CC(C)(C)OC(=O)C1CC(=O)CC(=O)N1C(=O)OC(C)(C)C. The first kappa shape index (κ1) is 18.1. The second-order valence-corrected chi connectivity index (χ2v) is 7.21. The van der Waals surface area contributed by atoms with E-state index in [1.807, 2.05) is 0 Å². The minimum absolute atomic E-state index is 0.250. The summed E-state index contributed by atoms with van der Waals surface area (Å²) in [7, 11) is 0. The molecule has 0 aromatic heterocycles. The van der Waals surface area contributed by atoms with E-state index in [2.05, 4.69) is 0 Å². The number of amides is 2. The van der Waals surface area contributed by atoms with Gasteiger partial charge in [-0.25, -0.2) is 14.5 Å². The van der Waals surface area contributed by atoms with Crippen LogP contribution in [-0.2, 0) is 23.9 Å². The highest BCUT2D eigenvalue weighted by atomic mass is 16.6. The zero-order valence-electron chi connectivity index (χ0n) is 13.9. The van der Waals surface area contributed by atoms with E-state index in [0.29, 0.717) is 4.90 Å². The van der Waals surface area contributed by atoms with E-state index >= 15 is 0 Å². The van der Waals surface area contributed by atoms with Crippen LogP contribution >= 0.6 is 0 Å². The van der Waals surface area contributed by atoms with E-state index in [0.717, 1.165) is 0 Å². The Morgan fingerprint density at radius 3 is 1.95 bits per heavy atom. The molecule has 0 saturated carbocycles. The second-order valence-electron chi connectivity index (χ2n) is 7.21. The fourth-order valence-electron chi connectivity index (χ4n) is 1.91. The monoisotopic (exact) mass is 313 g/mol. The van der Waals surface area contributed by atoms with Gasteiger partial charge in [-0.1, -0.05) is 0 Å². The molecule has 0 aromatic carbocycles. The molecule has 1 unspecified atom stereocenters. The lowest BCUT2D eigenvalue weighted by atomic mass is 10.0. The smallest absolute Gasteiger partial charge is 0.417 e. The Kier molecular flexibility index (Phi) is 4.99. The predicted octanol–water partition coefficient (Wildman–Crippen LogP) is 1.82. The van der Waals surface area contributed by atoms with Gasteiger partial charge in [0, 0.05) is 6.42 Å². The Bertz CT molecular complexity index is 497. The van der Waals surface area contributed by atoms with Gasteiger partial charge in [-0.3, -0.25) is 9.59 Å². The van der Waals surface area contributed by atoms with Crippen LogP contribution in [0.2, 0.25) is 0 Å². The largest absolute Gasteiger partial charge is 0.458 e. The molecule has 1 fully saturated rings. The number of carbonyl (C=O) groups excluding carboxylic acids is 4. The summed E-state index contributed by atoms with van der Waals surface area (Å²) in [5.41, 5.74) is -1.61. The normalized spacial score (nSPS) is 19.9. The summed E-state index contributed by atoms with van der Waals surface area (Å²) < 4.78 is 10.3. The van der Waals surface area contributed by atoms with Crippen LogP contribution in [-0.4, -0.2) is 45.9 Å². The molecule has 1 saturated heterocycles. The number of esters is 1. The Morgan fingerprint density at radius 2 is 1.50 bits per heavy atom. The Balaban J connectivity index is 3.02. The summed E-state index contributed by atoms with van der Waals surface area (Å²) in [6, 6.07) is -1.28. The van der Waals surface area contributed by atoms with Crippen molar-refractivity contribution in [2.75, 3.05) is 0 Å². The molecule has 0 N–H and O–H groups in total. The highest BCUT2D eigenvalue weighted by Gasteiger charge is 2.44. The molecule has 124 valence electrons. The van der Waals surface area contributed by atoms with Gasteiger partial charge in [0.25, 0.3) is 0 Å². The van der Waals surface area contributed by atoms with Crippen LogP contribution in [0, 0.1) is 0 Å². The average Bonchev–Trinajstić information content (AvgIpc) is 2.22. The van der Waals surface area contributed by atoms with Gasteiger partial charge in [0.05, 0.1) is 6.42 Å². The highest BCUT2D eigenvalue weighted by molar-refractivity contribution is 6.09. The third-order valence-corrected chi connectivity index (χ3v) is 2.62. The molecule has 1 heterocycles. The first-order valence-corrected chi connectivity index (χ1v) is 7.10. The van der Waals surface area contributed by atoms with Crippen LogP contribution in [0.3, 0.4) is 0 Å². The first-order valence-electron chi connectivity index (χ1n) is 7.10.